The highest BCUT2D eigenvalue weighted by Crippen LogP contribution is 2.24. The maximum atomic E-state index is 6.26. The minimum absolute atomic E-state index is 0.0490. The Kier molecular flexibility index (Phi) is 4.73. The number of ether oxygens (including phenoxy) is 1. The van der Waals surface area contributed by atoms with Gasteiger partial charge in [-0.15, -0.1) is 0 Å². The van der Waals surface area contributed by atoms with E-state index in [1.54, 1.807) is 0 Å². The zero-order valence-electron chi connectivity index (χ0n) is 10.9. The first-order valence-corrected chi connectivity index (χ1v) is 6.64. The van der Waals surface area contributed by atoms with Gasteiger partial charge in [0.15, 0.2) is 0 Å². The van der Waals surface area contributed by atoms with Crippen molar-refractivity contribution >= 4 is 10.8 Å². The van der Waals surface area contributed by atoms with Crippen LogP contribution in [-0.4, -0.2) is 13.2 Å². The fourth-order valence-corrected chi connectivity index (χ4v) is 2.19. The van der Waals surface area contributed by atoms with Crippen molar-refractivity contribution in [2.24, 2.45) is 5.73 Å². The van der Waals surface area contributed by atoms with Crippen LogP contribution < -0.4 is 5.73 Å². The van der Waals surface area contributed by atoms with Gasteiger partial charge in [0.1, 0.15) is 0 Å². The molecule has 2 N–H and O–H groups in total. The predicted octanol–water partition coefficient (Wildman–Crippen LogP) is 3.66. The molecule has 0 amide bonds. The van der Waals surface area contributed by atoms with Crippen LogP contribution in [0.1, 0.15) is 31.4 Å². The fourth-order valence-electron chi connectivity index (χ4n) is 2.19. The summed E-state index contributed by atoms with van der Waals surface area (Å²) in [5.74, 6) is 0. The molecule has 0 fully saturated rings. The van der Waals surface area contributed by atoms with Gasteiger partial charge < -0.3 is 10.5 Å². The first kappa shape index (κ1) is 13.1. The Balaban J connectivity index is 2.10. The van der Waals surface area contributed by atoms with Crippen LogP contribution >= 0.6 is 0 Å². The van der Waals surface area contributed by atoms with Crippen molar-refractivity contribution in [3.63, 3.8) is 0 Å². The predicted molar refractivity (Wildman–Crippen MR) is 76.6 cm³/mol. The van der Waals surface area contributed by atoms with Crippen LogP contribution in [0.15, 0.2) is 42.5 Å². The lowest BCUT2D eigenvalue weighted by atomic mass is 9.98. The molecule has 0 aliphatic rings. The molecule has 2 aromatic rings. The zero-order chi connectivity index (χ0) is 12.8. The highest BCUT2D eigenvalue weighted by atomic mass is 16.5. The van der Waals surface area contributed by atoms with E-state index < -0.39 is 0 Å². The number of hydrogen-bond donors (Lipinski definition) is 1. The van der Waals surface area contributed by atoms with E-state index in [0.29, 0.717) is 0 Å². The Bertz CT molecular complexity index is 490. The third-order valence-corrected chi connectivity index (χ3v) is 3.14. The van der Waals surface area contributed by atoms with E-state index in [1.807, 2.05) is 0 Å². The van der Waals surface area contributed by atoms with E-state index in [2.05, 4.69) is 49.4 Å². The van der Waals surface area contributed by atoms with Crippen LogP contribution in [0.4, 0.5) is 0 Å². The van der Waals surface area contributed by atoms with E-state index in [0.717, 1.165) is 26.1 Å². The van der Waals surface area contributed by atoms with Crippen LogP contribution in [0.3, 0.4) is 0 Å². The molecule has 96 valence electrons. The summed E-state index contributed by atoms with van der Waals surface area (Å²) < 4.78 is 5.51. The summed E-state index contributed by atoms with van der Waals surface area (Å²) in [6, 6.07) is 14.7. The summed E-state index contributed by atoms with van der Waals surface area (Å²) in [6.07, 6.45) is 1.93. The molecule has 1 unspecified atom stereocenters. The molecular formula is C16H21NO. The molecule has 0 aromatic heterocycles. The van der Waals surface area contributed by atoms with E-state index in [-0.39, 0.29) is 6.04 Å². The lowest BCUT2D eigenvalue weighted by Gasteiger charge is -2.14. The van der Waals surface area contributed by atoms with E-state index >= 15 is 0 Å². The Morgan fingerprint density at radius 2 is 1.83 bits per heavy atom. The molecule has 0 aliphatic heterocycles. The molecule has 0 saturated carbocycles. The van der Waals surface area contributed by atoms with Crippen LogP contribution in [-0.2, 0) is 4.74 Å². The molecule has 0 bridgehead atoms. The van der Waals surface area contributed by atoms with Crippen LogP contribution in [0, 0.1) is 0 Å². The first-order chi connectivity index (χ1) is 8.83. The maximum absolute atomic E-state index is 6.26. The number of nitrogens with two attached hydrogens (primary N) is 1. The molecule has 2 nitrogen and oxygen atoms in total. The van der Waals surface area contributed by atoms with Gasteiger partial charge in [-0.3, -0.25) is 0 Å². The average Bonchev–Trinajstić information content (AvgIpc) is 2.43. The second-order valence-corrected chi connectivity index (χ2v) is 4.58. The lowest BCUT2D eigenvalue weighted by molar-refractivity contribution is 0.128. The van der Waals surface area contributed by atoms with Crippen LogP contribution in [0.5, 0.6) is 0 Å². The van der Waals surface area contributed by atoms with E-state index in [4.69, 9.17) is 10.5 Å². The van der Waals surface area contributed by atoms with Gasteiger partial charge in [-0.25, -0.2) is 0 Å². The van der Waals surface area contributed by atoms with Crippen molar-refractivity contribution in [1.82, 2.24) is 0 Å². The Hall–Kier alpha value is -1.38. The lowest BCUT2D eigenvalue weighted by Crippen LogP contribution is -2.13. The molecule has 0 radical (unpaired) electrons. The fraction of sp³-hybridized carbons (Fsp3) is 0.375. The van der Waals surface area contributed by atoms with Crippen LogP contribution in [0.25, 0.3) is 10.8 Å². The highest BCUT2D eigenvalue weighted by molar-refractivity contribution is 5.86. The molecule has 0 spiro atoms. The molecule has 0 aliphatic carbocycles. The maximum Gasteiger partial charge on any atom is 0.0484 e. The largest absolute Gasteiger partial charge is 0.381 e. The second-order valence-electron chi connectivity index (χ2n) is 4.58. The monoisotopic (exact) mass is 243 g/mol. The summed E-state index contributed by atoms with van der Waals surface area (Å²) in [4.78, 5) is 0. The zero-order valence-corrected chi connectivity index (χ0v) is 10.9. The van der Waals surface area contributed by atoms with E-state index in [1.165, 1.54) is 16.3 Å². The summed E-state index contributed by atoms with van der Waals surface area (Å²) in [7, 11) is 0. The van der Waals surface area contributed by atoms with Gasteiger partial charge in [-0.05, 0) is 29.2 Å². The Morgan fingerprint density at radius 3 is 2.67 bits per heavy atom. The average molecular weight is 243 g/mol. The molecule has 0 saturated heterocycles. The van der Waals surface area contributed by atoms with Crippen molar-refractivity contribution in [3.05, 3.63) is 48.0 Å². The second kappa shape index (κ2) is 6.53. The van der Waals surface area contributed by atoms with Gasteiger partial charge in [0.25, 0.3) is 0 Å². The SMILES string of the molecule is CCCOCCC(N)c1cccc2ccccc12. The van der Waals surface area contributed by atoms with Gasteiger partial charge in [0, 0.05) is 19.3 Å². The molecule has 2 heteroatoms. The molecule has 2 aromatic carbocycles. The minimum atomic E-state index is 0.0490. The highest BCUT2D eigenvalue weighted by Gasteiger charge is 2.09. The smallest absolute Gasteiger partial charge is 0.0484 e. The summed E-state index contributed by atoms with van der Waals surface area (Å²) in [5, 5.41) is 2.50. The van der Waals surface area contributed by atoms with Gasteiger partial charge in [0.05, 0.1) is 0 Å². The molecule has 0 heterocycles. The van der Waals surface area contributed by atoms with Gasteiger partial charge in [-0.2, -0.15) is 0 Å². The van der Waals surface area contributed by atoms with Gasteiger partial charge in [-0.1, -0.05) is 49.4 Å². The Morgan fingerprint density at radius 1 is 1.06 bits per heavy atom. The van der Waals surface area contributed by atoms with Gasteiger partial charge >= 0.3 is 0 Å². The van der Waals surface area contributed by atoms with Crippen molar-refractivity contribution in [1.29, 1.82) is 0 Å². The number of hydrogen-bond acceptors (Lipinski definition) is 2. The van der Waals surface area contributed by atoms with Crippen molar-refractivity contribution in [2.45, 2.75) is 25.8 Å². The molecular weight excluding hydrogens is 222 g/mol. The Labute approximate surface area is 109 Å². The third-order valence-electron chi connectivity index (χ3n) is 3.14. The molecule has 1 atom stereocenters. The quantitative estimate of drug-likeness (QED) is 0.786. The normalized spacial score (nSPS) is 12.8. The summed E-state index contributed by atoms with van der Waals surface area (Å²) in [6.45, 7) is 3.67. The first-order valence-electron chi connectivity index (χ1n) is 6.64. The number of benzene rings is 2. The third kappa shape index (κ3) is 3.09. The number of fused-ring (bicyclic) bond motifs is 1. The standard InChI is InChI=1S/C16H21NO/c1-2-11-18-12-10-16(17)15-9-5-7-13-6-3-4-8-14(13)15/h3-9,16H,2,10-12,17H2,1H3. The summed E-state index contributed by atoms with van der Waals surface area (Å²) >= 11 is 0. The topological polar surface area (TPSA) is 35.2 Å². The molecule has 18 heavy (non-hydrogen) atoms. The molecule has 2 rings (SSSR count). The van der Waals surface area contributed by atoms with Crippen molar-refractivity contribution < 1.29 is 4.74 Å². The summed E-state index contributed by atoms with van der Waals surface area (Å²) in [5.41, 5.74) is 7.48. The van der Waals surface area contributed by atoms with Crippen molar-refractivity contribution in [2.75, 3.05) is 13.2 Å². The minimum Gasteiger partial charge on any atom is -0.381 e. The number of rotatable bonds is 6. The van der Waals surface area contributed by atoms with E-state index in [9.17, 15) is 0 Å². The van der Waals surface area contributed by atoms with Gasteiger partial charge in [0.2, 0.25) is 0 Å². The van der Waals surface area contributed by atoms with Crippen molar-refractivity contribution in [3.8, 4) is 0 Å². The van der Waals surface area contributed by atoms with Crippen LogP contribution in [0.2, 0.25) is 0 Å².